The molecule has 1 aliphatic heterocycles. The summed E-state index contributed by atoms with van der Waals surface area (Å²) in [5, 5.41) is 5.61. The predicted molar refractivity (Wildman–Crippen MR) is 61.8 cm³/mol. The molecule has 0 radical (unpaired) electrons. The molecule has 2 heterocycles. The summed E-state index contributed by atoms with van der Waals surface area (Å²) in [5.41, 5.74) is 0. The van der Waals surface area contributed by atoms with E-state index in [9.17, 15) is 0 Å². The Morgan fingerprint density at radius 2 is 2.36 bits per heavy atom. The normalized spacial score (nSPS) is 21.8. The summed E-state index contributed by atoms with van der Waals surface area (Å²) >= 11 is 1.87. The maximum atomic E-state index is 3.44. The Morgan fingerprint density at radius 1 is 1.43 bits per heavy atom. The van der Waals surface area contributed by atoms with Crippen molar-refractivity contribution in [2.45, 2.75) is 19.4 Å². The first-order valence-corrected chi connectivity index (χ1v) is 6.24. The van der Waals surface area contributed by atoms with Crippen molar-refractivity contribution >= 4 is 11.3 Å². The summed E-state index contributed by atoms with van der Waals surface area (Å²) in [4.78, 5) is 4.07. The lowest BCUT2D eigenvalue weighted by atomic mass is 10.2. The predicted octanol–water partition coefficient (Wildman–Crippen LogP) is 2.10. The molecule has 2 nitrogen and oxygen atoms in total. The van der Waals surface area contributed by atoms with Gasteiger partial charge in [0.25, 0.3) is 0 Å². The van der Waals surface area contributed by atoms with Crippen molar-refractivity contribution in [2.24, 2.45) is 0 Å². The van der Waals surface area contributed by atoms with Gasteiger partial charge in [-0.1, -0.05) is 6.07 Å². The van der Waals surface area contributed by atoms with Gasteiger partial charge in [0.05, 0.1) is 0 Å². The van der Waals surface area contributed by atoms with Crippen molar-refractivity contribution in [3.63, 3.8) is 0 Å². The summed E-state index contributed by atoms with van der Waals surface area (Å²) in [6, 6.07) is 4.98. The van der Waals surface area contributed by atoms with Crippen LogP contribution in [-0.4, -0.2) is 31.1 Å². The van der Waals surface area contributed by atoms with E-state index in [1.165, 1.54) is 30.9 Å². The fourth-order valence-electron chi connectivity index (χ4n) is 1.96. The van der Waals surface area contributed by atoms with Crippen LogP contribution >= 0.6 is 11.3 Å². The van der Waals surface area contributed by atoms with E-state index in [4.69, 9.17) is 0 Å². The molecule has 0 aliphatic carbocycles. The first-order chi connectivity index (χ1) is 6.88. The standard InChI is InChI=1S/C11H18N2S/c1-10(11-4-2-9-14-11)13-7-3-5-12-6-8-13/h2,4,9-10,12H,3,5-8H2,1H3/t10-/m1/s1. The van der Waals surface area contributed by atoms with Crippen LogP contribution in [0.25, 0.3) is 0 Å². The summed E-state index contributed by atoms with van der Waals surface area (Å²) < 4.78 is 0. The summed E-state index contributed by atoms with van der Waals surface area (Å²) in [5.74, 6) is 0. The van der Waals surface area contributed by atoms with E-state index >= 15 is 0 Å². The largest absolute Gasteiger partial charge is 0.315 e. The smallest absolute Gasteiger partial charge is 0.0413 e. The van der Waals surface area contributed by atoms with Crippen molar-refractivity contribution in [3.8, 4) is 0 Å². The fourth-order valence-corrected chi connectivity index (χ4v) is 2.78. The Kier molecular flexibility index (Phi) is 3.56. The Labute approximate surface area is 89.9 Å². The molecule has 3 heteroatoms. The van der Waals surface area contributed by atoms with Gasteiger partial charge in [0, 0.05) is 30.6 Å². The maximum absolute atomic E-state index is 3.44. The quantitative estimate of drug-likeness (QED) is 0.804. The Balaban J connectivity index is 1.99. The fraction of sp³-hybridized carbons (Fsp3) is 0.636. The first-order valence-electron chi connectivity index (χ1n) is 5.36. The van der Waals surface area contributed by atoms with Gasteiger partial charge in [-0.2, -0.15) is 0 Å². The van der Waals surface area contributed by atoms with Gasteiger partial charge >= 0.3 is 0 Å². The minimum absolute atomic E-state index is 0.592. The van der Waals surface area contributed by atoms with Crippen molar-refractivity contribution in [1.82, 2.24) is 10.2 Å². The van der Waals surface area contributed by atoms with Gasteiger partial charge in [-0.15, -0.1) is 11.3 Å². The molecule has 78 valence electrons. The monoisotopic (exact) mass is 210 g/mol. The molecule has 1 aromatic rings. The summed E-state index contributed by atoms with van der Waals surface area (Å²) in [6.45, 7) is 7.03. The summed E-state index contributed by atoms with van der Waals surface area (Å²) in [6.07, 6.45) is 1.27. The zero-order chi connectivity index (χ0) is 9.80. The molecule has 14 heavy (non-hydrogen) atoms. The molecule has 0 spiro atoms. The molecule has 0 aromatic carbocycles. The second-order valence-corrected chi connectivity index (χ2v) is 4.81. The second kappa shape index (κ2) is 4.91. The molecule has 0 saturated carbocycles. The molecule has 1 N–H and O–H groups in total. The average molecular weight is 210 g/mol. The third-order valence-electron chi connectivity index (χ3n) is 2.88. The van der Waals surface area contributed by atoms with Crippen LogP contribution in [0, 0.1) is 0 Å². The van der Waals surface area contributed by atoms with Crippen LogP contribution in [0.3, 0.4) is 0 Å². The van der Waals surface area contributed by atoms with E-state index in [1.807, 2.05) is 11.3 Å². The molecule has 0 unspecified atom stereocenters. The van der Waals surface area contributed by atoms with Crippen LogP contribution < -0.4 is 5.32 Å². The lowest BCUT2D eigenvalue weighted by Gasteiger charge is -2.26. The molecule has 1 atom stereocenters. The van der Waals surface area contributed by atoms with E-state index in [1.54, 1.807) is 0 Å². The zero-order valence-corrected chi connectivity index (χ0v) is 9.52. The Bertz CT molecular complexity index is 250. The SMILES string of the molecule is C[C@H](c1cccs1)N1CCCNCC1. The number of nitrogens with zero attached hydrogens (tertiary/aromatic N) is 1. The molecule has 1 fully saturated rings. The van der Waals surface area contributed by atoms with Crippen LogP contribution in [-0.2, 0) is 0 Å². The Morgan fingerprint density at radius 3 is 3.14 bits per heavy atom. The van der Waals surface area contributed by atoms with Gasteiger partial charge in [-0.25, -0.2) is 0 Å². The molecule has 1 aliphatic rings. The third kappa shape index (κ3) is 2.35. The lowest BCUT2D eigenvalue weighted by molar-refractivity contribution is 0.228. The van der Waals surface area contributed by atoms with Gasteiger partial charge in [-0.05, 0) is 31.3 Å². The topological polar surface area (TPSA) is 15.3 Å². The highest BCUT2D eigenvalue weighted by Crippen LogP contribution is 2.24. The van der Waals surface area contributed by atoms with E-state index < -0.39 is 0 Å². The lowest BCUT2D eigenvalue weighted by Crippen LogP contribution is -2.30. The van der Waals surface area contributed by atoms with Crippen LogP contribution in [0.15, 0.2) is 17.5 Å². The highest BCUT2D eigenvalue weighted by molar-refractivity contribution is 7.10. The number of nitrogens with one attached hydrogen (secondary N) is 1. The number of rotatable bonds is 2. The second-order valence-electron chi connectivity index (χ2n) is 3.83. The van der Waals surface area contributed by atoms with E-state index in [-0.39, 0.29) is 0 Å². The molecule has 2 rings (SSSR count). The Hall–Kier alpha value is -0.380. The van der Waals surface area contributed by atoms with Gasteiger partial charge in [0.2, 0.25) is 0 Å². The van der Waals surface area contributed by atoms with E-state index in [2.05, 4.69) is 34.7 Å². The molecule has 1 aromatic heterocycles. The van der Waals surface area contributed by atoms with Gasteiger partial charge < -0.3 is 5.32 Å². The van der Waals surface area contributed by atoms with Crippen LogP contribution in [0.5, 0.6) is 0 Å². The third-order valence-corrected chi connectivity index (χ3v) is 3.92. The highest BCUT2D eigenvalue weighted by Gasteiger charge is 2.17. The molecular formula is C11H18N2S. The zero-order valence-electron chi connectivity index (χ0n) is 8.70. The molecule has 0 amide bonds. The van der Waals surface area contributed by atoms with E-state index in [0.717, 1.165) is 6.54 Å². The highest BCUT2D eigenvalue weighted by atomic mass is 32.1. The van der Waals surface area contributed by atoms with Gasteiger partial charge in [0.1, 0.15) is 0 Å². The number of thiophene rings is 1. The van der Waals surface area contributed by atoms with Crippen molar-refractivity contribution < 1.29 is 0 Å². The van der Waals surface area contributed by atoms with Crippen LogP contribution in [0.1, 0.15) is 24.3 Å². The first kappa shape index (κ1) is 10.1. The van der Waals surface area contributed by atoms with Crippen molar-refractivity contribution in [1.29, 1.82) is 0 Å². The number of hydrogen-bond acceptors (Lipinski definition) is 3. The minimum Gasteiger partial charge on any atom is -0.315 e. The average Bonchev–Trinajstić information content (AvgIpc) is 2.59. The van der Waals surface area contributed by atoms with Crippen molar-refractivity contribution in [3.05, 3.63) is 22.4 Å². The van der Waals surface area contributed by atoms with Gasteiger partial charge in [0.15, 0.2) is 0 Å². The molecule has 1 saturated heterocycles. The van der Waals surface area contributed by atoms with Gasteiger partial charge in [-0.3, -0.25) is 4.90 Å². The van der Waals surface area contributed by atoms with E-state index in [0.29, 0.717) is 6.04 Å². The summed E-state index contributed by atoms with van der Waals surface area (Å²) in [7, 11) is 0. The molecular weight excluding hydrogens is 192 g/mol. The molecule has 0 bridgehead atoms. The van der Waals surface area contributed by atoms with Crippen LogP contribution in [0.2, 0.25) is 0 Å². The van der Waals surface area contributed by atoms with Crippen molar-refractivity contribution in [2.75, 3.05) is 26.2 Å². The minimum atomic E-state index is 0.592. The van der Waals surface area contributed by atoms with Crippen LogP contribution in [0.4, 0.5) is 0 Å². The maximum Gasteiger partial charge on any atom is 0.0413 e. The number of hydrogen-bond donors (Lipinski definition) is 1.